The van der Waals surface area contributed by atoms with E-state index in [9.17, 15) is 0 Å². The van der Waals surface area contributed by atoms with Crippen LogP contribution in [0.25, 0.3) is 11.1 Å². The molecule has 1 aliphatic heterocycles. The van der Waals surface area contributed by atoms with Crippen molar-refractivity contribution in [1.82, 2.24) is 0 Å². The largest absolute Gasteiger partial charge is 0.381 e. The Hall–Kier alpha value is -1.64. The van der Waals surface area contributed by atoms with Crippen LogP contribution in [-0.2, 0) is 4.74 Å². The number of hydrogen-bond donors (Lipinski definition) is 1. The Morgan fingerprint density at radius 2 is 1.58 bits per heavy atom. The zero-order valence-electron chi connectivity index (χ0n) is 11.0. The second-order valence-electron chi connectivity index (χ2n) is 5.12. The standard InChI is InChI=1S/C17H19NO/c18-17-10-11-19-12-16(17)15-8-6-14(7-9-15)13-4-2-1-3-5-13/h1-9,16-17H,10-12,18H2/t16-,17-/m0/s1. The van der Waals surface area contributed by atoms with Gasteiger partial charge in [-0.3, -0.25) is 0 Å². The molecule has 0 saturated carbocycles. The van der Waals surface area contributed by atoms with Crippen molar-refractivity contribution in [2.24, 2.45) is 5.73 Å². The quantitative estimate of drug-likeness (QED) is 0.892. The molecule has 2 aromatic rings. The lowest BCUT2D eigenvalue weighted by Gasteiger charge is -2.29. The van der Waals surface area contributed by atoms with Gasteiger partial charge in [0.25, 0.3) is 0 Å². The smallest absolute Gasteiger partial charge is 0.0549 e. The van der Waals surface area contributed by atoms with Gasteiger partial charge in [0.05, 0.1) is 6.61 Å². The molecule has 0 spiro atoms. The van der Waals surface area contributed by atoms with Crippen LogP contribution in [0.5, 0.6) is 0 Å². The van der Waals surface area contributed by atoms with E-state index in [1.165, 1.54) is 16.7 Å². The van der Waals surface area contributed by atoms with Crippen LogP contribution in [0.1, 0.15) is 17.9 Å². The van der Waals surface area contributed by atoms with Crippen LogP contribution < -0.4 is 5.73 Å². The zero-order chi connectivity index (χ0) is 13.1. The van der Waals surface area contributed by atoms with Crippen molar-refractivity contribution in [3.63, 3.8) is 0 Å². The van der Waals surface area contributed by atoms with Crippen LogP contribution in [0.2, 0.25) is 0 Å². The third-order valence-electron chi connectivity index (χ3n) is 3.86. The van der Waals surface area contributed by atoms with Crippen molar-refractivity contribution in [3.8, 4) is 11.1 Å². The second kappa shape index (κ2) is 5.55. The third kappa shape index (κ3) is 2.70. The summed E-state index contributed by atoms with van der Waals surface area (Å²) >= 11 is 0. The van der Waals surface area contributed by atoms with Crippen LogP contribution in [0.3, 0.4) is 0 Å². The fourth-order valence-electron chi connectivity index (χ4n) is 2.65. The maximum atomic E-state index is 6.18. The SMILES string of the molecule is N[C@H]1CCOC[C@H]1c1ccc(-c2ccccc2)cc1. The molecule has 2 nitrogen and oxygen atoms in total. The van der Waals surface area contributed by atoms with E-state index in [4.69, 9.17) is 10.5 Å². The molecule has 0 aromatic heterocycles. The van der Waals surface area contributed by atoms with E-state index in [1.807, 2.05) is 6.07 Å². The molecule has 2 N–H and O–H groups in total. The minimum atomic E-state index is 0.219. The molecule has 1 heterocycles. The average molecular weight is 253 g/mol. The second-order valence-corrected chi connectivity index (χ2v) is 5.12. The highest BCUT2D eigenvalue weighted by Crippen LogP contribution is 2.27. The highest BCUT2D eigenvalue weighted by molar-refractivity contribution is 5.63. The van der Waals surface area contributed by atoms with Gasteiger partial charge in [0.2, 0.25) is 0 Å². The van der Waals surface area contributed by atoms with Crippen molar-refractivity contribution >= 4 is 0 Å². The number of benzene rings is 2. The Kier molecular flexibility index (Phi) is 3.62. The van der Waals surface area contributed by atoms with Crippen LogP contribution in [0, 0.1) is 0 Å². The zero-order valence-corrected chi connectivity index (χ0v) is 11.0. The molecule has 19 heavy (non-hydrogen) atoms. The number of hydrogen-bond acceptors (Lipinski definition) is 2. The van der Waals surface area contributed by atoms with Crippen molar-refractivity contribution < 1.29 is 4.74 Å². The molecule has 2 heteroatoms. The lowest BCUT2D eigenvalue weighted by Crippen LogP contribution is -2.36. The summed E-state index contributed by atoms with van der Waals surface area (Å²) in [5, 5.41) is 0. The van der Waals surface area contributed by atoms with Crippen molar-refractivity contribution in [2.75, 3.05) is 13.2 Å². The predicted molar refractivity (Wildman–Crippen MR) is 78.0 cm³/mol. The van der Waals surface area contributed by atoms with Crippen LogP contribution in [0.4, 0.5) is 0 Å². The summed E-state index contributed by atoms with van der Waals surface area (Å²) in [4.78, 5) is 0. The molecule has 3 rings (SSSR count). The van der Waals surface area contributed by atoms with Gasteiger partial charge >= 0.3 is 0 Å². The van der Waals surface area contributed by atoms with Crippen molar-refractivity contribution in [1.29, 1.82) is 0 Å². The minimum Gasteiger partial charge on any atom is -0.381 e. The van der Waals surface area contributed by atoms with E-state index >= 15 is 0 Å². The summed E-state index contributed by atoms with van der Waals surface area (Å²) in [5.41, 5.74) is 9.96. The molecule has 1 aliphatic rings. The van der Waals surface area contributed by atoms with Gasteiger partial charge in [-0.1, -0.05) is 54.6 Å². The Balaban J connectivity index is 1.83. The van der Waals surface area contributed by atoms with E-state index in [0.29, 0.717) is 5.92 Å². The summed E-state index contributed by atoms with van der Waals surface area (Å²) in [7, 11) is 0. The van der Waals surface area contributed by atoms with Crippen LogP contribution in [0.15, 0.2) is 54.6 Å². The monoisotopic (exact) mass is 253 g/mol. The summed E-state index contributed by atoms with van der Waals surface area (Å²) in [6.07, 6.45) is 0.950. The van der Waals surface area contributed by atoms with E-state index in [-0.39, 0.29) is 6.04 Å². The Bertz CT molecular complexity index is 521. The predicted octanol–water partition coefficient (Wildman–Crippen LogP) is 3.18. The van der Waals surface area contributed by atoms with Gasteiger partial charge in [0, 0.05) is 18.6 Å². The van der Waals surface area contributed by atoms with Gasteiger partial charge in [-0.2, -0.15) is 0 Å². The van der Waals surface area contributed by atoms with E-state index in [2.05, 4.69) is 48.5 Å². The molecule has 0 bridgehead atoms. The van der Waals surface area contributed by atoms with Gasteiger partial charge in [-0.05, 0) is 23.1 Å². The van der Waals surface area contributed by atoms with E-state index < -0.39 is 0 Å². The van der Waals surface area contributed by atoms with Crippen LogP contribution in [-0.4, -0.2) is 19.3 Å². The first kappa shape index (κ1) is 12.4. The molecule has 2 aromatic carbocycles. The van der Waals surface area contributed by atoms with Gasteiger partial charge in [0.1, 0.15) is 0 Å². The normalized spacial score (nSPS) is 23.2. The van der Waals surface area contributed by atoms with Gasteiger partial charge in [0.15, 0.2) is 0 Å². The van der Waals surface area contributed by atoms with Crippen molar-refractivity contribution in [3.05, 3.63) is 60.2 Å². The summed E-state index contributed by atoms with van der Waals surface area (Å²) < 4.78 is 5.54. The molecule has 0 unspecified atom stereocenters. The highest BCUT2D eigenvalue weighted by atomic mass is 16.5. The molecule has 0 radical (unpaired) electrons. The van der Waals surface area contributed by atoms with Gasteiger partial charge < -0.3 is 10.5 Å². The Morgan fingerprint density at radius 3 is 2.26 bits per heavy atom. The Morgan fingerprint density at radius 1 is 0.895 bits per heavy atom. The molecule has 1 saturated heterocycles. The molecular formula is C17H19NO. The molecule has 0 amide bonds. The maximum absolute atomic E-state index is 6.18. The maximum Gasteiger partial charge on any atom is 0.0549 e. The van der Waals surface area contributed by atoms with E-state index in [0.717, 1.165) is 19.6 Å². The average Bonchev–Trinajstić information content (AvgIpc) is 2.49. The summed E-state index contributed by atoms with van der Waals surface area (Å²) in [6.45, 7) is 1.53. The Labute approximate surface area is 114 Å². The topological polar surface area (TPSA) is 35.2 Å². The first-order chi connectivity index (χ1) is 9.34. The summed E-state index contributed by atoms with van der Waals surface area (Å²) in [6, 6.07) is 19.4. The molecule has 98 valence electrons. The number of ether oxygens (including phenoxy) is 1. The number of nitrogens with two attached hydrogens (primary N) is 1. The lowest BCUT2D eigenvalue weighted by molar-refractivity contribution is 0.0691. The van der Waals surface area contributed by atoms with Crippen molar-refractivity contribution in [2.45, 2.75) is 18.4 Å². The van der Waals surface area contributed by atoms with E-state index in [1.54, 1.807) is 0 Å². The molecular weight excluding hydrogens is 234 g/mol. The molecule has 1 fully saturated rings. The highest BCUT2D eigenvalue weighted by Gasteiger charge is 2.23. The fraction of sp³-hybridized carbons (Fsp3) is 0.294. The lowest BCUT2D eigenvalue weighted by atomic mass is 9.88. The first-order valence-corrected chi connectivity index (χ1v) is 6.83. The minimum absolute atomic E-state index is 0.219. The van der Waals surface area contributed by atoms with Gasteiger partial charge in [-0.25, -0.2) is 0 Å². The molecule has 0 aliphatic carbocycles. The molecule has 2 atom stereocenters. The van der Waals surface area contributed by atoms with Gasteiger partial charge in [-0.15, -0.1) is 0 Å². The first-order valence-electron chi connectivity index (χ1n) is 6.83. The number of rotatable bonds is 2. The third-order valence-corrected chi connectivity index (χ3v) is 3.86. The summed E-state index contributed by atoms with van der Waals surface area (Å²) in [5.74, 6) is 0.332. The van der Waals surface area contributed by atoms with Crippen LogP contribution >= 0.6 is 0 Å². The fourth-order valence-corrected chi connectivity index (χ4v) is 2.65.